The quantitative estimate of drug-likeness (QED) is 0.689. The Morgan fingerprint density at radius 1 is 1.10 bits per heavy atom. The molecule has 0 spiro atoms. The van der Waals surface area contributed by atoms with Gasteiger partial charge in [-0.05, 0) is 75.7 Å². The van der Waals surface area contributed by atoms with Crippen molar-refractivity contribution in [2.75, 3.05) is 13.2 Å². The van der Waals surface area contributed by atoms with Gasteiger partial charge in [0.25, 0.3) is 0 Å². The maximum atomic E-state index is 9.88. The maximum Gasteiger partial charge on any atom is 0.127 e. The first-order valence-electron chi connectivity index (χ1n) is 11.6. The van der Waals surface area contributed by atoms with E-state index in [1.807, 2.05) is 18.3 Å². The lowest BCUT2D eigenvalue weighted by atomic mass is 9.73. The summed E-state index contributed by atoms with van der Waals surface area (Å²) in [5, 5.41) is 20.7. The van der Waals surface area contributed by atoms with E-state index >= 15 is 0 Å². The number of aliphatic hydroxyl groups excluding tert-OH is 2. The minimum absolute atomic E-state index is 0.152. The first-order valence-corrected chi connectivity index (χ1v) is 12.5. The molecule has 2 saturated carbocycles. The fourth-order valence-electron chi connectivity index (χ4n) is 5.26. The molecule has 2 aliphatic rings. The molecule has 5 nitrogen and oxygen atoms in total. The number of aromatic nitrogens is 2. The molecule has 0 radical (unpaired) electrons. The van der Waals surface area contributed by atoms with Crippen LogP contribution in [0.4, 0.5) is 0 Å². The number of hydrogen-bond donors (Lipinski definition) is 2. The molecule has 166 valence electrons. The van der Waals surface area contributed by atoms with Gasteiger partial charge in [-0.3, -0.25) is 4.90 Å². The van der Waals surface area contributed by atoms with Crippen molar-refractivity contribution in [3.8, 4) is 0 Å². The highest BCUT2D eigenvalue weighted by atomic mass is 32.1. The molecule has 2 aromatic rings. The zero-order chi connectivity index (χ0) is 21.3. The first-order chi connectivity index (χ1) is 14.3. The van der Waals surface area contributed by atoms with Gasteiger partial charge in [0.05, 0.1) is 18.4 Å². The number of thiophene rings is 1. The molecule has 0 aromatic carbocycles. The third kappa shape index (κ3) is 5.04. The summed E-state index contributed by atoms with van der Waals surface area (Å²) in [6.07, 6.45) is 8.64. The fourth-order valence-corrected chi connectivity index (χ4v) is 6.52. The van der Waals surface area contributed by atoms with Crippen molar-refractivity contribution in [3.05, 3.63) is 22.5 Å². The minimum Gasteiger partial charge on any atom is -0.395 e. The summed E-state index contributed by atoms with van der Waals surface area (Å²) in [6.45, 7) is 8.31. The largest absolute Gasteiger partial charge is 0.395 e. The monoisotopic (exact) mass is 431 g/mol. The normalized spacial score (nSPS) is 25.3. The Kier molecular flexibility index (Phi) is 6.78. The van der Waals surface area contributed by atoms with Crippen LogP contribution in [0.3, 0.4) is 0 Å². The lowest BCUT2D eigenvalue weighted by molar-refractivity contribution is 0.0608. The maximum absolute atomic E-state index is 9.88. The molecule has 4 rings (SSSR count). The van der Waals surface area contributed by atoms with Gasteiger partial charge in [0, 0.05) is 29.4 Å². The Morgan fingerprint density at radius 2 is 1.80 bits per heavy atom. The van der Waals surface area contributed by atoms with E-state index in [2.05, 4.69) is 24.8 Å². The van der Waals surface area contributed by atoms with Gasteiger partial charge in [0.2, 0.25) is 0 Å². The third-order valence-electron chi connectivity index (χ3n) is 7.27. The Bertz CT molecular complexity index is 847. The number of rotatable bonds is 6. The Hall–Kier alpha value is -1.08. The second-order valence-corrected chi connectivity index (χ2v) is 11.2. The SMILES string of the molecule is Cc1nc(CN(CCO)[C@H]2CC[C@H](O)CC2)c2cc(C3CCC(C)(C)CC3)sc2n1. The first kappa shape index (κ1) is 22.1. The minimum atomic E-state index is -0.162. The molecule has 2 aliphatic carbocycles. The average molecular weight is 432 g/mol. The highest BCUT2D eigenvalue weighted by Gasteiger charge is 2.30. The fraction of sp³-hybridized carbons (Fsp3) is 0.750. The molecule has 0 atom stereocenters. The van der Waals surface area contributed by atoms with E-state index in [-0.39, 0.29) is 12.7 Å². The van der Waals surface area contributed by atoms with Gasteiger partial charge in [0.15, 0.2) is 0 Å². The Balaban J connectivity index is 1.57. The lowest BCUT2D eigenvalue weighted by Gasteiger charge is -2.35. The molecule has 30 heavy (non-hydrogen) atoms. The van der Waals surface area contributed by atoms with Crippen LogP contribution in [-0.2, 0) is 6.54 Å². The highest BCUT2D eigenvalue weighted by molar-refractivity contribution is 7.18. The molecule has 0 amide bonds. The molecule has 2 heterocycles. The predicted molar refractivity (Wildman–Crippen MR) is 123 cm³/mol. The van der Waals surface area contributed by atoms with Crippen molar-refractivity contribution in [2.24, 2.45) is 5.41 Å². The molecule has 0 unspecified atom stereocenters. The summed E-state index contributed by atoms with van der Waals surface area (Å²) >= 11 is 1.86. The van der Waals surface area contributed by atoms with Crippen LogP contribution in [-0.4, -0.2) is 50.4 Å². The van der Waals surface area contributed by atoms with Crippen LogP contribution < -0.4 is 0 Å². The van der Waals surface area contributed by atoms with E-state index in [0.717, 1.165) is 48.6 Å². The number of nitrogens with zero attached hydrogens (tertiary/aromatic N) is 3. The van der Waals surface area contributed by atoms with Gasteiger partial charge in [-0.15, -0.1) is 11.3 Å². The summed E-state index contributed by atoms with van der Waals surface area (Å²) in [6, 6.07) is 2.77. The molecule has 6 heteroatoms. The van der Waals surface area contributed by atoms with Gasteiger partial charge < -0.3 is 10.2 Å². The second kappa shape index (κ2) is 9.19. The third-order valence-corrected chi connectivity index (χ3v) is 8.46. The standard InChI is InChI=1S/C24H37N3O2S/c1-16-25-21(15-27(12-13-28)18-4-6-19(29)7-5-18)20-14-22(30-23(20)26-16)17-8-10-24(2,3)11-9-17/h14,17-19,28-29H,4-13,15H2,1-3H3/t18-,19-. The average Bonchev–Trinajstić information content (AvgIpc) is 3.12. The molecule has 0 saturated heterocycles. The molecule has 2 aromatic heterocycles. The van der Waals surface area contributed by atoms with Crippen LogP contribution in [0.25, 0.3) is 10.2 Å². The summed E-state index contributed by atoms with van der Waals surface area (Å²) in [7, 11) is 0. The van der Waals surface area contributed by atoms with Gasteiger partial charge in [-0.1, -0.05) is 13.8 Å². The van der Waals surface area contributed by atoms with Crippen molar-refractivity contribution in [1.29, 1.82) is 0 Å². The van der Waals surface area contributed by atoms with E-state index in [0.29, 0.717) is 23.9 Å². The van der Waals surface area contributed by atoms with Crippen LogP contribution >= 0.6 is 11.3 Å². The Labute approximate surface area is 184 Å². The molecular formula is C24H37N3O2S. The predicted octanol–water partition coefficient (Wildman–Crippen LogP) is 4.78. The summed E-state index contributed by atoms with van der Waals surface area (Å²) < 4.78 is 0. The van der Waals surface area contributed by atoms with E-state index in [1.165, 1.54) is 35.9 Å². The Morgan fingerprint density at radius 3 is 2.47 bits per heavy atom. The zero-order valence-corrected chi connectivity index (χ0v) is 19.5. The topological polar surface area (TPSA) is 69.5 Å². The van der Waals surface area contributed by atoms with E-state index < -0.39 is 0 Å². The van der Waals surface area contributed by atoms with Crippen LogP contribution in [0, 0.1) is 12.3 Å². The van der Waals surface area contributed by atoms with Gasteiger partial charge in [0.1, 0.15) is 10.7 Å². The number of aliphatic hydroxyl groups is 2. The molecular weight excluding hydrogens is 394 g/mol. The van der Waals surface area contributed by atoms with E-state index in [9.17, 15) is 10.2 Å². The van der Waals surface area contributed by atoms with Crippen LogP contribution in [0.2, 0.25) is 0 Å². The summed E-state index contributed by atoms with van der Waals surface area (Å²) in [4.78, 5) is 14.5. The summed E-state index contributed by atoms with van der Waals surface area (Å²) in [5.74, 6) is 1.48. The van der Waals surface area contributed by atoms with Crippen molar-refractivity contribution >= 4 is 21.6 Å². The van der Waals surface area contributed by atoms with Crippen molar-refractivity contribution in [2.45, 2.75) is 96.7 Å². The second-order valence-electron chi connectivity index (χ2n) is 10.2. The van der Waals surface area contributed by atoms with Crippen molar-refractivity contribution in [1.82, 2.24) is 14.9 Å². The van der Waals surface area contributed by atoms with E-state index in [4.69, 9.17) is 9.97 Å². The summed E-state index contributed by atoms with van der Waals surface area (Å²) in [5.41, 5.74) is 1.57. The smallest absolute Gasteiger partial charge is 0.127 e. The van der Waals surface area contributed by atoms with E-state index in [1.54, 1.807) is 0 Å². The van der Waals surface area contributed by atoms with Gasteiger partial charge >= 0.3 is 0 Å². The number of aryl methyl sites for hydroxylation is 1. The highest BCUT2D eigenvalue weighted by Crippen LogP contribution is 2.45. The number of hydrogen-bond acceptors (Lipinski definition) is 6. The van der Waals surface area contributed by atoms with Crippen LogP contribution in [0.1, 0.15) is 87.5 Å². The van der Waals surface area contributed by atoms with Gasteiger partial charge in [-0.2, -0.15) is 0 Å². The van der Waals surface area contributed by atoms with Crippen molar-refractivity contribution < 1.29 is 10.2 Å². The molecule has 0 aliphatic heterocycles. The molecule has 0 bridgehead atoms. The lowest BCUT2D eigenvalue weighted by Crippen LogP contribution is -2.40. The number of fused-ring (bicyclic) bond motifs is 1. The van der Waals surface area contributed by atoms with Gasteiger partial charge in [-0.25, -0.2) is 9.97 Å². The molecule has 2 N–H and O–H groups in total. The van der Waals surface area contributed by atoms with Crippen molar-refractivity contribution in [3.63, 3.8) is 0 Å². The molecule has 2 fully saturated rings. The van der Waals surface area contributed by atoms with Crippen LogP contribution in [0.5, 0.6) is 0 Å². The van der Waals surface area contributed by atoms with Crippen LogP contribution in [0.15, 0.2) is 6.07 Å². The zero-order valence-electron chi connectivity index (χ0n) is 18.7.